The van der Waals surface area contributed by atoms with E-state index >= 15 is 0 Å². The molecule has 17 heavy (non-hydrogen) atoms. The molecular formula is C11H20N2O4. The van der Waals surface area contributed by atoms with Gasteiger partial charge in [0.15, 0.2) is 0 Å². The van der Waals surface area contributed by atoms with Gasteiger partial charge >= 0.3 is 0 Å². The Morgan fingerprint density at radius 3 is 3.00 bits per heavy atom. The summed E-state index contributed by atoms with van der Waals surface area (Å²) in [6.45, 7) is 4.29. The van der Waals surface area contributed by atoms with Crippen LogP contribution in [0.4, 0.5) is 0 Å². The first kappa shape index (κ1) is 12.8. The number of carbonyl (C=O) groups is 1. The van der Waals surface area contributed by atoms with Crippen LogP contribution in [0.25, 0.3) is 0 Å². The Bertz CT molecular complexity index is 281. The minimum atomic E-state index is -0.939. The van der Waals surface area contributed by atoms with Crippen molar-refractivity contribution < 1.29 is 19.4 Å². The minimum absolute atomic E-state index is 0.128. The molecule has 0 bridgehead atoms. The number of amides is 1. The summed E-state index contributed by atoms with van der Waals surface area (Å²) in [5.74, 6) is -0.128. The molecule has 2 rings (SSSR count). The van der Waals surface area contributed by atoms with Crippen LogP contribution in [0.2, 0.25) is 0 Å². The standard InChI is InChI=1S/C11H20N2O4/c1-8-11(15,2-4-17-8)7-13-10(14)9-6-16-5-3-12-9/h8-9,12,15H,2-7H2,1H3,(H,13,14). The van der Waals surface area contributed by atoms with Crippen molar-refractivity contribution in [3.8, 4) is 0 Å². The summed E-state index contributed by atoms with van der Waals surface area (Å²) in [5.41, 5.74) is -0.939. The molecule has 2 fully saturated rings. The first-order valence-electron chi connectivity index (χ1n) is 6.05. The maximum Gasteiger partial charge on any atom is 0.239 e. The zero-order chi connectivity index (χ0) is 12.3. The first-order valence-corrected chi connectivity index (χ1v) is 6.05. The van der Waals surface area contributed by atoms with Crippen molar-refractivity contribution in [2.45, 2.75) is 31.1 Å². The van der Waals surface area contributed by atoms with Crippen LogP contribution in [0.3, 0.4) is 0 Å². The van der Waals surface area contributed by atoms with Gasteiger partial charge in [-0.1, -0.05) is 0 Å². The van der Waals surface area contributed by atoms with Gasteiger partial charge in [0.2, 0.25) is 5.91 Å². The summed E-state index contributed by atoms with van der Waals surface area (Å²) in [5, 5.41) is 16.0. The number of hydrogen-bond donors (Lipinski definition) is 3. The lowest BCUT2D eigenvalue weighted by Gasteiger charge is -2.28. The predicted octanol–water partition coefficient (Wildman–Crippen LogP) is -1.37. The lowest BCUT2D eigenvalue weighted by Crippen LogP contribution is -2.55. The molecule has 3 unspecified atom stereocenters. The fourth-order valence-electron chi connectivity index (χ4n) is 2.10. The van der Waals surface area contributed by atoms with E-state index in [4.69, 9.17) is 9.47 Å². The van der Waals surface area contributed by atoms with Crippen LogP contribution in [0, 0.1) is 0 Å². The van der Waals surface area contributed by atoms with Crippen LogP contribution in [0.1, 0.15) is 13.3 Å². The van der Waals surface area contributed by atoms with Crippen molar-refractivity contribution in [3.63, 3.8) is 0 Å². The van der Waals surface area contributed by atoms with Gasteiger partial charge < -0.3 is 25.2 Å². The number of rotatable bonds is 3. The van der Waals surface area contributed by atoms with Crippen LogP contribution in [0.15, 0.2) is 0 Å². The van der Waals surface area contributed by atoms with Gasteiger partial charge in [-0.2, -0.15) is 0 Å². The molecule has 0 saturated carbocycles. The molecule has 6 heteroatoms. The Hall–Kier alpha value is -0.690. The molecule has 98 valence electrons. The highest BCUT2D eigenvalue weighted by Crippen LogP contribution is 2.24. The maximum absolute atomic E-state index is 11.8. The number of carbonyl (C=O) groups excluding carboxylic acids is 1. The molecule has 2 saturated heterocycles. The smallest absolute Gasteiger partial charge is 0.239 e. The molecule has 0 aromatic heterocycles. The van der Waals surface area contributed by atoms with Gasteiger partial charge in [0.1, 0.15) is 11.6 Å². The molecule has 2 aliphatic rings. The van der Waals surface area contributed by atoms with Crippen LogP contribution >= 0.6 is 0 Å². The van der Waals surface area contributed by atoms with E-state index in [9.17, 15) is 9.90 Å². The largest absolute Gasteiger partial charge is 0.385 e. The minimum Gasteiger partial charge on any atom is -0.385 e. The van der Waals surface area contributed by atoms with Gasteiger partial charge in [0.25, 0.3) is 0 Å². The highest BCUT2D eigenvalue weighted by molar-refractivity contribution is 5.82. The number of ether oxygens (including phenoxy) is 2. The third-order valence-electron chi connectivity index (χ3n) is 3.47. The van der Waals surface area contributed by atoms with Crippen molar-refractivity contribution in [2.75, 3.05) is 32.9 Å². The highest BCUT2D eigenvalue weighted by atomic mass is 16.5. The molecule has 0 aromatic rings. The summed E-state index contributed by atoms with van der Waals surface area (Å²) in [6, 6.07) is -0.315. The van der Waals surface area contributed by atoms with E-state index in [-0.39, 0.29) is 24.6 Å². The van der Waals surface area contributed by atoms with E-state index in [2.05, 4.69) is 10.6 Å². The molecule has 2 heterocycles. The van der Waals surface area contributed by atoms with Crippen LogP contribution in [0.5, 0.6) is 0 Å². The summed E-state index contributed by atoms with van der Waals surface area (Å²) < 4.78 is 10.5. The second-order valence-electron chi connectivity index (χ2n) is 4.67. The highest BCUT2D eigenvalue weighted by Gasteiger charge is 2.40. The summed E-state index contributed by atoms with van der Waals surface area (Å²) >= 11 is 0. The normalized spacial score (nSPS) is 38.0. The Morgan fingerprint density at radius 1 is 1.59 bits per heavy atom. The van der Waals surface area contributed by atoms with E-state index in [0.29, 0.717) is 32.8 Å². The number of hydrogen-bond acceptors (Lipinski definition) is 5. The van der Waals surface area contributed by atoms with Gasteiger partial charge in [-0.3, -0.25) is 4.79 Å². The molecule has 3 atom stereocenters. The van der Waals surface area contributed by atoms with E-state index in [0.717, 1.165) is 0 Å². The van der Waals surface area contributed by atoms with Gasteiger partial charge in [-0.25, -0.2) is 0 Å². The average molecular weight is 244 g/mol. The van der Waals surface area contributed by atoms with Crippen molar-refractivity contribution in [1.82, 2.24) is 10.6 Å². The molecule has 0 radical (unpaired) electrons. The Balaban J connectivity index is 1.79. The molecule has 6 nitrogen and oxygen atoms in total. The summed E-state index contributed by atoms with van der Waals surface area (Å²) in [4.78, 5) is 11.8. The Labute approximate surface area is 101 Å². The maximum atomic E-state index is 11.8. The lowest BCUT2D eigenvalue weighted by molar-refractivity contribution is -0.127. The fraction of sp³-hybridized carbons (Fsp3) is 0.909. The molecule has 3 N–H and O–H groups in total. The topological polar surface area (TPSA) is 79.8 Å². The number of morpholine rings is 1. The van der Waals surface area contributed by atoms with Crippen molar-refractivity contribution in [3.05, 3.63) is 0 Å². The predicted molar refractivity (Wildman–Crippen MR) is 60.6 cm³/mol. The zero-order valence-corrected chi connectivity index (χ0v) is 10.1. The molecular weight excluding hydrogens is 224 g/mol. The summed E-state index contributed by atoms with van der Waals surface area (Å²) in [6.07, 6.45) is 0.321. The summed E-state index contributed by atoms with van der Waals surface area (Å²) in [7, 11) is 0. The SMILES string of the molecule is CC1OCCC1(O)CNC(=O)C1COCCN1. The van der Waals surface area contributed by atoms with E-state index in [1.54, 1.807) is 0 Å². The quantitative estimate of drug-likeness (QED) is 0.571. The van der Waals surface area contributed by atoms with Crippen molar-refractivity contribution >= 4 is 5.91 Å². The van der Waals surface area contributed by atoms with Gasteiger partial charge in [-0.15, -0.1) is 0 Å². The van der Waals surface area contributed by atoms with E-state index in [1.165, 1.54) is 0 Å². The van der Waals surface area contributed by atoms with Crippen LogP contribution in [-0.4, -0.2) is 61.7 Å². The van der Waals surface area contributed by atoms with Gasteiger partial charge in [-0.05, 0) is 6.92 Å². The second kappa shape index (κ2) is 5.30. The van der Waals surface area contributed by atoms with Crippen molar-refractivity contribution in [1.29, 1.82) is 0 Å². The molecule has 0 spiro atoms. The monoisotopic (exact) mass is 244 g/mol. The molecule has 0 aromatic carbocycles. The lowest BCUT2D eigenvalue weighted by atomic mass is 9.96. The van der Waals surface area contributed by atoms with E-state index < -0.39 is 5.60 Å². The average Bonchev–Trinajstić information content (AvgIpc) is 2.68. The second-order valence-corrected chi connectivity index (χ2v) is 4.67. The van der Waals surface area contributed by atoms with E-state index in [1.807, 2.05) is 6.92 Å². The molecule has 1 amide bonds. The first-order chi connectivity index (χ1) is 8.12. The zero-order valence-electron chi connectivity index (χ0n) is 10.1. The third-order valence-corrected chi connectivity index (χ3v) is 3.47. The third kappa shape index (κ3) is 2.95. The number of aliphatic hydroxyl groups is 1. The fourth-order valence-corrected chi connectivity index (χ4v) is 2.10. The van der Waals surface area contributed by atoms with Crippen LogP contribution < -0.4 is 10.6 Å². The Kier molecular flexibility index (Phi) is 3.98. The molecule has 0 aliphatic carbocycles. The van der Waals surface area contributed by atoms with Gasteiger partial charge in [0.05, 0.1) is 19.3 Å². The molecule has 2 aliphatic heterocycles. The number of nitrogens with one attached hydrogen (secondary N) is 2. The Morgan fingerprint density at radius 2 is 2.41 bits per heavy atom. The van der Waals surface area contributed by atoms with Gasteiger partial charge in [0, 0.05) is 26.1 Å². The van der Waals surface area contributed by atoms with Crippen molar-refractivity contribution in [2.24, 2.45) is 0 Å². The van der Waals surface area contributed by atoms with Crippen LogP contribution in [-0.2, 0) is 14.3 Å².